The van der Waals surface area contributed by atoms with Gasteiger partial charge in [0.05, 0.1) is 12.5 Å². The summed E-state index contributed by atoms with van der Waals surface area (Å²) < 4.78 is 5.45. The minimum absolute atomic E-state index is 0.443. The van der Waals surface area contributed by atoms with E-state index in [1.54, 1.807) is 0 Å². The first-order chi connectivity index (χ1) is 6.38. The third kappa shape index (κ3) is 2.79. The van der Waals surface area contributed by atoms with E-state index >= 15 is 0 Å². The number of hydrogen-bond acceptors (Lipinski definition) is 2. The van der Waals surface area contributed by atoms with Crippen LogP contribution in [0.5, 0.6) is 5.75 Å². The van der Waals surface area contributed by atoms with Gasteiger partial charge in [-0.25, -0.2) is 0 Å². The Morgan fingerprint density at radius 2 is 2.15 bits per heavy atom. The van der Waals surface area contributed by atoms with Crippen molar-refractivity contribution in [1.82, 2.24) is 0 Å². The number of benzene rings is 1. The van der Waals surface area contributed by atoms with Crippen LogP contribution in [-0.2, 0) is 6.42 Å². The molecule has 0 aliphatic rings. The van der Waals surface area contributed by atoms with Crippen molar-refractivity contribution in [1.29, 1.82) is 5.26 Å². The molecular formula is C11H13NO. The summed E-state index contributed by atoms with van der Waals surface area (Å²) in [5.74, 6) is 0.903. The van der Waals surface area contributed by atoms with Gasteiger partial charge in [0.1, 0.15) is 12.4 Å². The molecule has 0 amide bonds. The van der Waals surface area contributed by atoms with E-state index in [0.29, 0.717) is 13.0 Å². The second-order valence-corrected chi connectivity index (χ2v) is 2.72. The molecule has 0 heterocycles. The third-order valence-corrected chi connectivity index (χ3v) is 1.82. The van der Waals surface area contributed by atoms with E-state index in [2.05, 4.69) is 13.0 Å². The summed E-state index contributed by atoms with van der Waals surface area (Å²) in [6.07, 6.45) is 1.40. The molecular weight excluding hydrogens is 162 g/mol. The van der Waals surface area contributed by atoms with Crippen molar-refractivity contribution < 1.29 is 4.74 Å². The predicted octanol–water partition coefficient (Wildman–Crippen LogP) is 2.54. The first-order valence-electron chi connectivity index (χ1n) is 4.46. The first-order valence-corrected chi connectivity index (χ1v) is 4.46. The van der Waals surface area contributed by atoms with Crippen LogP contribution in [0.25, 0.3) is 0 Å². The molecule has 2 heteroatoms. The second-order valence-electron chi connectivity index (χ2n) is 2.72. The third-order valence-electron chi connectivity index (χ3n) is 1.82. The monoisotopic (exact) mass is 175 g/mol. The number of hydrogen-bond donors (Lipinski definition) is 0. The van der Waals surface area contributed by atoms with Crippen LogP contribution in [0.1, 0.15) is 18.9 Å². The molecule has 0 spiro atoms. The average molecular weight is 175 g/mol. The Labute approximate surface area is 78.8 Å². The zero-order valence-corrected chi connectivity index (χ0v) is 7.79. The van der Waals surface area contributed by atoms with Gasteiger partial charge in [-0.05, 0) is 18.1 Å². The molecule has 2 nitrogen and oxygen atoms in total. The summed E-state index contributed by atoms with van der Waals surface area (Å²) in [4.78, 5) is 0. The molecule has 0 saturated heterocycles. The Morgan fingerprint density at radius 3 is 2.85 bits per heavy atom. The maximum atomic E-state index is 8.34. The SMILES string of the molecule is CCc1ccccc1OCCC#N. The summed E-state index contributed by atoms with van der Waals surface area (Å²) in [7, 11) is 0. The average Bonchev–Trinajstić information content (AvgIpc) is 2.19. The van der Waals surface area contributed by atoms with E-state index in [9.17, 15) is 0 Å². The van der Waals surface area contributed by atoms with Crippen LogP contribution in [-0.4, -0.2) is 6.61 Å². The van der Waals surface area contributed by atoms with Gasteiger partial charge in [0, 0.05) is 0 Å². The summed E-state index contributed by atoms with van der Waals surface area (Å²) in [6, 6.07) is 9.98. The van der Waals surface area contributed by atoms with Crippen molar-refractivity contribution in [3.05, 3.63) is 29.8 Å². The van der Waals surface area contributed by atoms with Crippen LogP contribution in [0.3, 0.4) is 0 Å². The van der Waals surface area contributed by atoms with Crippen LogP contribution < -0.4 is 4.74 Å². The molecule has 0 atom stereocenters. The highest BCUT2D eigenvalue weighted by Crippen LogP contribution is 2.18. The normalized spacial score (nSPS) is 9.23. The fourth-order valence-corrected chi connectivity index (χ4v) is 1.14. The van der Waals surface area contributed by atoms with Crippen LogP contribution >= 0.6 is 0 Å². The summed E-state index contributed by atoms with van der Waals surface area (Å²) in [6.45, 7) is 2.57. The lowest BCUT2D eigenvalue weighted by atomic mass is 10.1. The lowest BCUT2D eigenvalue weighted by molar-refractivity contribution is 0.323. The van der Waals surface area contributed by atoms with Crippen LogP contribution in [0.15, 0.2) is 24.3 Å². The highest BCUT2D eigenvalue weighted by atomic mass is 16.5. The van der Waals surface area contributed by atoms with Gasteiger partial charge >= 0.3 is 0 Å². The van der Waals surface area contributed by atoms with Crippen molar-refractivity contribution in [2.45, 2.75) is 19.8 Å². The van der Waals surface area contributed by atoms with E-state index < -0.39 is 0 Å². The molecule has 68 valence electrons. The lowest BCUT2D eigenvalue weighted by Gasteiger charge is -2.07. The Morgan fingerprint density at radius 1 is 1.38 bits per heavy atom. The zero-order chi connectivity index (χ0) is 9.52. The number of aryl methyl sites for hydroxylation is 1. The fourth-order valence-electron chi connectivity index (χ4n) is 1.14. The lowest BCUT2D eigenvalue weighted by Crippen LogP contribution is -1.98. The molecule has 1 aromatic rings. The standard InChI is InChI=1S/C11H13NO/c1-2-10-6-3-4-7-11(10)13-9-5-8-12/h3-4,6-7H,2,5,9H2,1H3. The van der Waals surface area contributed by atoms with Crippen molar-refractivity contribution in [3.8, 4) is 11.8 Å². The maximum Gasteiger partial charge on any atom is 0.122 e. The highest BCUT2D eigenvalue weighted by molar-refractivity contribution is 5.33. The van der Waals surface area contributed by atoms with Gasteiger partial charge in [0.25, 0.3) is 0 Å². The quantitative estimate of drug-likeness (QED) is 0.659. The first kappa shape index (κ1) is 9.60. The minimum Gasteiger partial charge on any atom is -0.492 e. The smallest absolute Gasteiger partial charge is 0.122 e. The Bertz CT molecular complexity index is 301. The number of nitrogens with zero attached hydrogens (tertiary/aromatic N) is 1. The van der Waals surface area contributed by atoms with E-state index in [0.717, 1.165) is 12.2 Å². The van der Waals surface area contributed by atoms with Gasteiger partial charge in [-0.3, -0.25) is 0 Å². The molecule has 0 aliphatic carbocycles. The molecule has 0 N–H and O–H groups in total. The molecule has 1 aromatic carbocycles. The van der Waals surface area contributed by atoms with Gasteiger partial charge in [-0.2, -0.15) is 5.26 Å². The Hall–Kier alpha value is -1.49. The van der Waals surface area contributed by atoms with Gasteiger partial charge in [0.15, 0.2) is 0 Å². The molecule has 0 aliphatic heterocycles. The highest BCUT2D eigenvalue weighted by Gasteiger charge is 1.98. The Kier molecular flexibility index (Phi) is 3.84. The fraction of sp³-hybridized carbons (Fsp3) is 0.364. The van der Waals surface area contributed by atoms with Crippen molar-refractivity contribution >= 4 is 0 Å². The number of nitriles is 1. The maximum absolute atomic E-state index is 8.34. The van der Waals surface area contributed by atoms with E-state index in [1.807, 2.05) is 24.3 Å². The van der Waals surface area contributed by atoms with E-state index in [1.165, 1.54) is 5.56 Å². The molecule has 0 fully saturated rings. The number of rotatable bonds is 4. The minimum atomic E-state index is 0.443. The van der Waals surface area contributed by atoms with Crippen molar-refractivity contribution in [2.75, 3.05) is 6.61 Å². The van der Waals surface area contributed by atoms with Crippen molar-refractivity contribution in [3.63, 3.8) is 0 Å². The summed E-state index contributed by atoms with van der Waals surface area (Å²) in [5, 5.41) is 8.34. The van der Waals surface area contributed by atoms with Crippen LogP contribution in [0, 0.1) is 11.3 Å². The largest absolute Gasteiger partial charge is 0.492 e. The molecule has 0 radical (unpaired) electrons. The predicted molar refractivity (Wildman–Crippen MR) is 51.5 cm³/mol. The molecule has 1 rings (SSSR count). The van der Waals surface area contributed by atoms with Crippen molar-refractivity contribution in [2.24, 2.45) is 0 Å². The van der Waals surface area contributed by atoms with Gasteiger partial charge in [-0.1, -0.05) is 25.1 Å². The second kappa shape index (κ2) is 5.21. The molecule has 0 aromatic heterocycles. The summed E-state index contributed by atoms with van der Waals surface area (Å²) in [5.41, 5.74) is 1.19. The topological polar surface area (TPSA) is 33.0 Å². The van der Waals surface area contributed by atoms with Crippen LogP contribution in [0.2, 0.25) is 0 Å². The molecule has 0 saturated carbocycles. The van der Waals surface area contributed by atoms with E-state index in [4.69, 9.17) is 10.00 Å². The van der Waals surface area contributed by atoms with Gasteiger partial charge in [0.2, 0.25) is 0 Å². The van der Waals surface area contributed by atoms with Crippen LogP contribution in [0.4, 0.5) is 0 Å². The molecule has 13 heavy (non-hydrogen) atoms. The molecule has 0 unspecified atom stereocenters. The van der Waals surface area contributed by atoms with Gasteiger partial charge in [-0.15, -0.1) is 0 Å². The number of ether oxygens (including phenoxy) is 1. The zero-order valence-electron chi connectivity index (χ0n) is 7.79. The van der Waals surface area contributed by atoms with E-state index in [-0.39, 0.29) is 0 Å². The summed E-state index contributed by atoms with van der Waals surface area (Å²) >= 11 is 0. The number of para-hydroxylation sites is 1. The Balaban J connectivity index is 2.60. The molecule has 0 bridgehead atoms. The van der Waals surface area contributed by atoms with Gasteiger partial charge < -0.3 is 4.74 Å².